The van der Waals surface area contributed by atoms with Crippen molar-refractivity contribution in [3.05, 3.63) is 59.4 Å². The monoisotopic (exact) mass is 429 g/mol. The molecule has 1 heterocycles. The summed E-state index contributed by atoms with van der Waals surface area (Å²) in [4.78, 5) is 13.6. The summed E-state index contributed by atoms with van der Waals surface area (Å²) in [6.07, 6.45) is 2.08. The SMILES string of the molecule is CC(C)(C)OC(=O)c1cc(C2CC2)c(OCC2CN(Sc3ccccc3)C2)cc1F. The predicted octanol–water partition coefficient (Wildman–Crippen LogP) is 5.68. The fourth-order valence-electron chi connectivity index (χ4n) is 3.44. The molecule has 0 spiro atoms. The smallest absolute Gasteiger partial charge is 0.341 e. The molecule has 0 unspecified atom stereocenters. The van der Waals surface area contributed by atoms with Gasteiger partial charge in [-0.15, -0.1) is 0 Å². The van der Waals surface area contributed by atoms with Gasteiger partial charge in [0.15, 0.2) is 0 Å². The molecule has 30 heavy (non-hydrogen) atoms. The maximum absolute atomic E-state index is 14.7. The van der Waals surface area contributed by atoms with Gasteiger partial charge >= 0.3 is 5.97 Å². The fourth-order valence-corrected chi connectivity index (χ4v) is 4.59. The molecule has 2 fully saturated rings. The largest absolute Gasteiger partial charge is 0.493 e. The zero-order valence-corrected chi connectivity index (χ0v) is 18.5. The molecule has 160 valence electrons. The number of hydrogen-bond acceptors (Lipinski definition) is 5. The van der Waals surface area contributed by atoms with Crippen molar-refractivity contribution in [2.24, 2.45) is 5.92 Å². The first-order chi connectivity index (χ1) is 14.3. The molecule has 2 aliphatic rings. The van der Waals surface area contributed by atoms with Gasteiger partial charge in [-0.25, -0.2) is 13.5 Å². The molecule has 1 aliphatic heterocycles. The number of nitrogens with zero attached hydrogens (tertiary/aromatic N) is 1. The maximum atomic E-state index is 14.7. The molecule has 1 aliphatic carbocycles. The fraction of sp³-hybridized carbons (Fsp3) is 0.458. The summed E-state index contributed by atoms with van der Waals surface area (Å²) in [5.41, 5.74) is 0.257. The van der Waals surface area contributed by atoms with Crippen molar-refractivity contribution < 1.29 is 18.7 Å². The molecule has 6 heteroatoms. The summed E-state index contributed by atoms with van der Waals surface area (Å²) in [5, 5.41) is 0. The van der Waals surface area contributed by atoms with E-state index >= 15 is 0 Å². The second kappa shape index (κ2) is 8.60. The van der Waals surface area contributed by atoms with Crippen LogP contribution < -0.4 is 4.74 Å². The number of halogens is 1. The van der Waals surface area contributed by atoms with Crippen LogP contribution >= 0.6 is 11.9 Å². The van der Waals surface area contributed by atoms with Crippen molar-refractivity contribution in [1.82, 2.24) is 4.31 Å². The van der Waals surface area contributed by atoms with E-state index in [1.807, 2.05) is 18.2 Å². The maximum Gasteiger partial charge on any atom is 0.341 e. The van der Waals surface area contributed by atoms with E-state index in [0.717, 1.165) is 31.5 Å². The molecule has 2 aromatic rings. The average molecular weight is 430 g/mol. The van der Waals surface area contributed by atoms with E-state index in [1.54, 1.807) is 38.8 Å². The van der Waals surface area contributed by atoms with Gasteiger partial charge in [-0.1, -0.05) is 18.2 Å². The normalized spacial score (nSPS) is 17.5. The van der Waals surface area contributed by atoms with Crippen LogP contribution in [-0.2, 0) is 4.74 Å². The van der Waals surface area contributed by atoms with Gasteiger partial charge in [-0.3, -0.25) is 0 Å². The second-order valence-corrected chi connectivity index (χ2v) is 10.2. The van der Waals surface area contributed by atoms with Crippen LogP contribution in [0.2, 0.25) is 0 Å². The lowest BCUT2D eigenvalue weighted by Crippen LogP contribution is -2.44. The highest BCUT2D eigenvalue weighted by molar-refractivity contribution is 7.97. The minimum Gasteiger partial charge on any atom is -0.493 e. The summed E-state index contributed by atoms with van der Waals surface area (Å²) in [6.45, 7) is 7.77. The van der Waals surface area contributed by atoms with Crippen molar-refractivity contribution in [3.8, 4) is 5.75 Å². The van der Waals surface area contributed by atoms with Crippen LogP contribution in [0.1, 0.15) is 55.5 Å². The molecule has 0 bridgehead atoms. The van der Waals surface area contributed by atoms with E-state index in [0.29, 0.717) is 24.2 Å². The Bertz CT molecular complexity index is 903. The van der Waals surface area contributed by atoms with E-state index < -0.39 is 17.4 Å². The molecule has 0 atom stereocenters. The van der Waals surface area contributed by atoms with E-state index in [2.05, 4.69) is 16.4 Å². The molecule has 1 saturated heterocycles. The first-order valence-corrected chi connectivity index (χ1v) is 11.2. The van der Waals surface area contributed by atoms with Gasteiger partial charge in [-0.2, -0.15) is 0 Å². The van der Waals surface area contributed by atoms with E-state index in [1.165, 1.54) is 11.0 Å². The molecule has 0 aromatic heterocycles. The molecular formula is C24H28FNO3S. The van der Waals surface area contributed by atoms with Crippen molar-refractivity contribution in [2.75, 3.05) is 19.7 Å². The Morgan fingerprint density at radius 2 is 1.87 bits per heavy atom. The number of benzene rings is 2. The minimum atomic E-state index is -0.660. The van der Waals surface area contributed by atoms with E-state index in [-0.39, 0.29) is 5.56 Å². The zero-order valence-electron chi connectivity index (χ0n) is 17.7. The minimum absolute atomic E-state index is 0.00624. The van der Waals surface area contributed by atoms with Crippen LogP contribution in [0.3, 0.4) is 0 Å². The Kier molecular flexibility index (Phi) is 6.07. The number of hydrogen-bond donors (Lipinski definition) is 0. The highest BCUT2D eigenvalue weighted by Crippen LogP contribution is 2.45. The topological polar surface area (TPSA) is 38.8 Å². The van der Waals surface area contributed by atoms with Gasteiger partial charge < -0.3 is 9.47 Å². The summed E-state index contributed by atoms with van der Waals surface area (Å²) in [5.74, 6) is 0.117. The van der Waals surface area contributed by atoms with Crippen molar-refractivity contribution >= 4 is 17.9 Å². The Hall–Kier alpha value is -2.05. The number of carbonyl (C=O) groups is 1. The highest BCUT2D eigenvalue weighted by atomic mass is 32.2. The lowest BCUT2D eigenvalue weighted by atomic mass is 10.0. The van der Waals surface area contributed by atoms with Gasteiger partial charge in [0, 0.05) is 30.0 Å². The van der Waals surface area contributed by atoms with Gasteiger partial charge in [0.05, 0.1) is 12.2 Å². The van der Waals surface area contributed by atoms with Crippen LogP contribution in [0.25, 0.3) is 0 Å². The summed E-state index contributed by atoms with van der Waals surface area (Å²) < 4.78 is 28.4. The summed E-state index contributed by atoms with van der Waals surface area (Å²) >= 11 is 1.75. The lowest BCUT2D eigenvalue weighted by molar-refractivity contribution is 0.00645. The van der Waals surface area contributed by atoms with Gasteiger partial charge in [0.25, 0.3) is 0 Å². The number of ether oxygens (including phenoxy) is 2. The van der Waals surface area contributed by atoms with Gasteiger partial charge in [-0.05, 0) is 75.2 Å². The van der Waals surface area contributed by atoms with Gasteiger partial charge in [0.2, 0.25) is 0 Å². The van der Waals surface area contributed by atoms with E-state index in [9.17, 15) is 9.18 Å². The standard InChI is InChI=1S/C24H28FNO3S/c1-24(2,3)29-23(27)20-11-19(17-9-10-17)22(12-21(20)25)28-15-16-13-26(14-16)30-18-7-5-4-6-8-18/h4-8,11-12,16-17H,9-10,13-15H2,1-3H3. The third kappa shape index (κ3) is 5.35. The number of esters is 1. The molecule has 4 nitrogen and oxygen atoms in total. The molecule has 0 radical (unpaired) electrons. The van der Waals surface area contributed by atoms with Crippen LogP contribution in [0, 0.1) is 11.7 Å². The first kappa shape index (κ1) is 21.2. The number of rotatable bonds is 7. The highest BCUT2D eigenvalue weighted by Gasteiger charge is 2.32. The predicted molar refractivity (Wildman–Crippen MR) is 116 cm³/mol. The third-order valence-corrected chi connectivity index (χ3v) is 6.15. The van der Waals surface area contributed by atoms with Crippen molar-refractivity contribution in [3.63, 3.8) is 0 Å². The molecule has 2 aromatic carbocycles. The molecule has 0 amide bonds. The first-order valence-electron chi connectivity index (χ1n) is 10.5. The van der Waals surface area contributed by atoms with Crippen LogP contribution in [0.4, 0.5) is 4.39 Å². The van der Waals surface area contributed by atoms with Crippen molar-refractivity contribution in [2.45, 2.75) is 50.0 Å². The Labute approximate surface area is 181 Å². The average Bonchev–Trinajstić information content (AvgIpc) is 3.48. The molecular weight excluding hydrogens is 401 g/mol. The summed E-state index contributed by atoms with van der Waals surface area (Å²) in [6, 6.07) is 13.3. The number of carbonyl (C=O) groups excluding carboxylic acids is 1. The Morgan fingerprint density at radius 1 is 1.17 bits per heavy atom. The zero-order chi connectivity index (χ0) is 21.3. The summed E-state index contributed by atoms with van der Waals surface area (Å²) in [7, 11) is 0. The Morgan fingerprint density at radius 3 is 2.50 bits per heavy atom. The molecule has 4 rings (SSSR count). The van der Waals surface area contributed by atoms with Crippen LogP contribution in [-0.4, -0.2) is 35.6 Å². The quantitative estimate of drug-likeness (QED) is 0.418. The van der Waals surface area contributed by atoms with E-state index in [4.69, 9.17) is 9.47 Å². The second-order valence-electron chi connectivity index (χ2n) is 9.07. The molecule has 0 N–H and O–H groups in total. The van der Waals surface area contributed by atoms with Crippen molar-refractivity contribution in [1.29, 1.82) is 0 Å². The van der Waals surface area contributed by atoms with Gasteiger partial charge in [0.1, 0.15) is 17.2 Å². The lowest BCUT2D eigenvalue weighted by Gasteiger charge is -2.37. The van der Waals surface area contributed by atoms with Crippen LogP contribution in [0.15, 0.2) is 47.4 Å². The van der Waals surface area contributed by atoms with Crippen LogP contribution in [0.5, 0.6) is 5.75 Å². The Balaban J connectivity index is 1.36. The molecule has 1 saturated carbocycles. The third-order valence-electron chi connectivity index (χ3n) is 5.11.